The van der Waals surface area contributed by atoms with Crippen LogP contribution in [-0.4, -0.2) is 19.1 Å². The second kappa shape index (κ2) is 5.84. The Morgan fingerprint density at radius 1 is 1.50 bits per heavy atom. The highest BCUT2D eigenvalue weighted by Crippen LogP contribution is 2.28. The molecule has 0 aliphatic carbocycles. The van der Waals surface area contributed by atoms with E-state index in [1.54, 1.807) is 6.92 Å². The average Bonchev–Trinajstić information content (AvgIpc) is 2.22. The number of amides is 1. The number of carbonyl (C=O) groups is 1. The van der Waals surface area contributed by atoms with Crippen LogP contribution in [0.4, 0.5) is 4.39 Å². The summed E-state index contributed by atoms with van der Waals surface area (Å²) in [6.45, 7) is 4.51. The Balaban J connectivity index is 3.08. The number of benzene rings is 1. The van der Waals surface area contributed by atoms with Gasteiger partial charge >= 0.3 is 0 Å². The molecule has 0 heterocycles. The summed E-state index contributed by atoms with van der Waals surface area (Å²) in [5.41, 5.74) is -0.00602. The van der Waals surface area contributed by atoms with Crippen LogP contribution in [0.15, 0.2) is 16.6 Å². The second-order valence-corrected chi connectivity index (χ2v) is 3.91. The van der Waals surface area contributed by atoms with Crippen molar-refractivity contribution in [3.05, 3.63) is 28.0 Å². The van der Waals surface area contributed by atoms with Crippen molar-refractivity contribution in [2.75, 3.05) is 13.2 Å². The summed E-state index contributed by atoms with van der Waals surface area (Å²) < 4.78 is 19.3. The fourth-order valence-electron chi connectivity index (χ4n) is 1.23. The molecule has 1 aromatic carbocycles. The van der Waals surface area contributed by atoms with E-state index in [9.17, 15) is 9.18 Å². The number of nitrogens with one attached hydrogen (secondary N) is 1. The van der Waals surface area contributed by atoms with Gasteiger partial charge < -0.3 is 10.1 Å². The molecule has 0 unspecified atom stereocenters. The van der Waals surface area contributed by atoms with E-state index in [1.165, 1.54) is 12.1 Å². The van der Waals surface area contributed by atoms with E-state index < -0.39 is 11.7 Å². The van der Waals surface area contributed by atoms with Gasteiger partial charge in [0.25, 0.3) is 5.91 Å². The van der Waals surface area contributed by atoms with Gasteiger partial charge in [0.1, 0.15) is 11.6 Å². The maximum absolute atomic E-state index is 13.5. The lowest BCUT2D eigenvalue weighted by atomic mass is 10.2. The summed E-state index contributed by atoms with van der Waals surface area (Å²) >= 11 is 3.17. The molecule has 0 saturated carbocycles. The van der Waals surface area contributed by atoms with E-state index in [-0.39, 0.29) is 5.56 Å². The average molecular weight is 290 g/mol. The summed E-state index contributed by atoms with van der Waals surface area (Å²) in [4.78, 5) is 11.5. The molecule has 0 bridgehead atoms. The zero-order chi connectivity index (χ0) is 12.1. The standard InChI is InChI=1S/C11H13BrFNO2/c1-3-14-11(15)7-5-10(16-4-2)8(12)6-9(7)13/h5-6H,3-4H2,1-2H3,(H,14,15). The van der Waals surface area contributed by atoms with E-state index in [1.807, 2.05) is 6.92 Å². The molecule has 1 rings (SSSR count). The van der Waals surface area contributed by atoms with Crippen LogP contribution in [0.5, 0.6) is 5.75 Å². The van der Waals surface area contributed by atoms with Gasteiger partial charge in [0.2, 0.25) is 0 Å². The van der Waals surface area contributed by atoms with Crippen LogP contribution in [0.1, 0.15) is 24.2 Å². The minimum absolute atomic E-state index is 0.00602. The van der Waals surface area contributed by atoms with Crippen molar-refractivity contribution < 1.29 is 13.9 Å². The molecule has 0 spiro atoms. The van der Waals surface area contributed by atoms with Crippen molar-refractivity contribution >= 4 is 21.8 Å². The number of carbonyl (C=O) groups excluding carboxylic acids is 1. The number of halogens is 2. The fourth-order valence-corrected chi connectivity index (χ4v) is 1.65. The Bertz CT molecular complexity index is 396. The molecule has 0 atom stereocenters. The molecule has 0 aromatic heterocycles. The Hall–Kier alpha value is -1.10. The predicted octanol–water partition coefficient (Wildman–Crippen LogP) is 2.74. The van der Waals surface area contributed by atoms with Crippen molar-refractivity contribution in [2.24, 2.45) is 0 Å². The van der Waals surface area contributed by atoms with Crippen molar-refractivity contribution in [2.45, 2.75) is 13.8 Å². The summed E-state index contributed by atoms with van der Waals surface area (Å²) in [6, 6.07) is 2.63. The third kappa shape index (κ3) is 2.95. The first-order chi connectivity index (χ1) is 7.60. The van der Waals surface area contributed by atoms with Gasteiger partial charge in [0.15, 0.2) is 0 Å². The maximum atomic E-state index is 13.5. The van der Waals surface area contributed by atoms with Gasteiger partial charge in [0.05, 0.1) is 16.6 Å². The van der Waals surface area contributed by atoms with E-state index >= 15 is 0 Å². The van der Waals surface area contributed by atoms with Gasteiger partial charge in [-0.25, -0.2) is 4.39 Å². The van der Waals surface area contributed by atoms with E-state index in [4.69, 9.17) is 4.74 Å². The van der Waals surface area contributed by atoms with Gasteiger partial charge in [0, 0.05) is 6.54 Å². The molecule has 0 aliphatic rings. The fraction of sp³-hybridized carbons (Fsp3) is 0.364. The normalized spacial score (nSPS) is 10.0. The van der Waals surface area contributed by atoms with Gasteiger partial charge in [-0.2, -0.15) is 0 Å². The molecular weight excluding hydrogens is 277 g/mol. The predicted molar refractivity (Wildman–Crippen MR) is 63.3 cm³/mol. The summed E-state index contributed by atoms with van der Waals surface area (Å²) in [7, 11) is 0. The van der Waals surface area contributed by atoms with Crippen LogP contribution < -0.4 is 10.1 Å². The van der Waals surface area contributed by atoms with Crippen LogP contribution in [0, 0.1) is 5.82 Å². The molecule has 16 heavy (non-hydrogen) atoms. The van der Waals surface area contributed by atoms with Crippen LogP contribution >= 0.6 is 15.9 Å². The zero-order valence-electron chi connectivity index (χ0n) is 9.14. The lowest BCUT2D eigenvalue weighted by Gasteiger charge is -2.09. The van der Waals surface area contributed by atoms with E-state index in [0.717, 1.165) is 0 Å². The molecule has 88 valence electrons. The molecule has 1 aromatic rings. The lowest BCUT2D eigenvalue weighted by Crippen LogP contribution is -2.23. The Kier molecular flexibility index (Phi) is 4.73. The van der Waals surface area contributed by atoms with Gasteiger partial charge in [-0.3, -0.25) is 4.79 Å². The van der Waals surface area contributed by atoms with Crippen molar-refractivity contribution in [3.63, 3.8) is 0 Å². The van der Waals surface area contributed by atoms with E-state index in [0.29, 0.717) is 23.4 Å². The smallest absolute Gasteiger partial charge is 0.254 e. The monoisotopic (exact) mass is 289 g/mol. The quantitative estimate of drug-likeness (QED) is 0.926. The minimum atomic E-state index is -0.568. The van der Waals surface area contributed by atoms with Crippen molar-refractivity contribution in [1.82, 2.24) is 5.32 Å². The third-order valence-electron chi connectivity index (χ3n) is 1.90. The van der Waals surface area contributed by atoms with Crippen LogP contribution in [0.2, 0.25) is 0 Å². The molecule has 0 saturated heterocycles. The SMILES string of the molecule is CCNC(=O)c1cc(OCC)c(Br)cc1F. The number of hydrogen-bond donors (Lipinski definition) is 1. The highest BCUT2D eigenvalue weighted by atomic mass is 79.9. The molecule has 0 fully saturated rings. The van der Waals surface area contributed by atoms with Crippen LogP contribution in [0.3, 0.4) is 0 Å². The molecular formula is C11H13BrFNO2. The Labute approximate surface area is 102 Å². The highest BCUT2D eigenvalue weighted by Gasteiger charge is 2.14. The molecule has 5 heteroatoms. The summed E-state index contributed by atoms with van der Waals surface area (Å²) in [6.07, 6.45) is 0. The molecule has 1 amide bonds. The topological polar surface area (TPSA) is 38.3 Å². The first kappa shape index (κ1) is 13.0. The highest BCUT2D eigenvalue weighted by molar-refractivity contribution is 9.10. The van der Waals surface area contributed by atoms with Crippen molar-refractivity contribution in [3.8, 4) is 5.75 Å². The first-order valence-corrected chi connectivity index (χ1v) is 5.79. The minimum Gasteiger partial charge on any atom is -0.493 e. The van der Waals surface area contributed by atoms with Crippen LogP contribution in [0.25, 0.3) is 0 Å². The zero-order valence-corrected chi connectivity index (χ0v) is 10.7. The molecule has 0 radical (unpaired) electrons. The Morgan fingerprint density at radius 2 is 2.19 bits per heavy atom. The van der Waals surface area contributed by atoms with Crippen molar-refractivity contribution in [1.29, 1.82) is 0 Å². The summed E-state index contributed by atoms with van der Waals surface area (Å²) in [5.74, 6) is -0.542. The molecule has 1 N–H and O–H groups in total. The number of ether oxygens (including phenoxy) is 1. The van der Waals surface area contributed by atoms with Gasteiger partial charge in [-0.15, -0.1) is 0 Å². The maximum Gasteiger partial charge on any atom is 0.254 e. The third-order valence-corrected chi connectivity index (χ3v) is 2.52. The Morgan fingerprint density at radius 3 is 2.75 bits per heavy atom. The van der Waals surface area contributed by atoms with Gasteiger partial charge in [-0.1, -0.05) is 0 Å². The number of hydrogen-bond acceptors (Lipinski definition) is 2. The van der Waals surface area contributed by atoms with Gasteiger partial charge in [-0.05, 0) is 41.9 Å². The summed E-state index contributed by atoms with van der Waals surface area (Å²) in [5, 5.41) is 2.54. The van der Waals surface area contributed by atoms with E-state index in [2.05, 4.69) is 21.2 Å². The van der Waals surface area contributed by atoms with Crippen LogP contribution in [-0.2, 0) is 0 Å². The first-order valence-electron chi connectivity index (χ1n) is 5.00. The molecule has 3 nitrogen and oxygen atoms in total. The second-order valence-electron chi connectivity index (χ2n) is 3.05. The largest absolute Gasteiger partial charge is 0.493 e. The lowest BCUT2D eigenvalue weighted by molar-refractivity contribution is 0.0951. The molecule has 0 aliphatic heterocycles. The number of rotatable bonds is 4.